The SMILES string of the molecule is O=C(CN1CCCN(c2nccs2)CC1)N[C@H](c1ccc(F)cc1)c1cccs1. The Balaban J connectivity index is 1.38. The number of carbonyl (C=O) groups is 1. The Morgan fingerprint density at radius 2 is 1.97 bits per heavy atom. The van der Waals surface area contributed by atoms with Crippen molar-refractivity contribution in [2.45, 2.75) is 12.5 Å². The van der Waals surface area contributed by atoms with Crippen molar-refractivity contribution in [3.8, 4) is 0 Å². The van der Waals surface area contributed by atoms with Crippen molar-refractivity contribution in [2.24, 2.45) is 0 Å². The van der Waals surface area contributed by atoms with Gasteiger partial charge in [-0.1, -0.05) is 18.2 Å². The number of carbonyl (C=O) groups excluding carboxylic acids is 1. The van der Waals surface area contributed by atoms with Crippen molar-refractivity contribution in [1.29, 1.82) is 0 Å². The highest BCUT2D eigenvalue weighted by atomic mass is 32.1. The van der Waals surface area contributed by atoms with Crippen LogP contribution < -0.4 is 10.2 Å². The summed E-state index contributed by atoms with van der Waals surface area (Å²) in [6.07, 6.45) is 2.83. The number of rotatable bonds is 6. The second kappa shape index (κ2) is 9.47. The largest absolute Gasteiger partial charge is 0.347 e. The Morgan fingerprint density at radius 1 is 1.10 bits per heavy atom. The van der Waals surface area contributed by atoms with Gasteiger partial charge >= 0.3 is 0 Å². The molecule has 8 heteroatoms. The molecule has 152 valence electrons. The molecule has 2 aromatic heterocycles. The summed E-state index contributed by atoms with van der Waals surface area (Å²) in [7, 11) is 0. The van der Waals surface area contributed by atoms with Crippen LogP contribution in [0.2, 0.25) is 0 Å². The van der Waals surface area contributed by atoms with Gasteiger partial charge in [0.25, 0.3) is 0 Å². The molecule has 3 aromatic rings. The maximum atomic E-state index is 13.3. The molecule has 1 fully saturated rings. The van der Waals surface area contributed by atoms with Crippen LogP contribution in [-0.4, -0.2) is 48.5 Å². The first-order valence-corrected chi connectivity index (χ1v) is 11.4. The van der Waals surface area contributed by atoms with Gasteiger partial charge in [-0.05, 0) is 35.6 Å². The normalized spacial score (nSPS) is 16.4. The van der Waals surface area contributed by atoms with Gasteiger partial charge in [0.2, 0.25) is 5.91 Å². The molecule has 1 aliphatic rings. The van der Waals surface area contributed by atoms with Crippen LogP contribution >= 0.6 is 22.7 Å². The number of thiazole rings is 1. The molecule has 1 aromatic carbocycles. The number of benzene rings is 1. The molecule has 0 radical (unpaired) electrons. The van der Waals surface area contributed by atoms with Crippen LogP contribution in [0, 0.1) is 5.82 Å². The summed E-state index contributed by atoms with van der Waals surface area (Å²) in [5, 5.41) is 8.17. The highest BCUT2D eigenvalue weighted by Gasteiger charge is 2.22. The van der Waals surface area contributed by atoms with Gasteiger partial charge in [-0.15, -0.1) is 22.7 Å². The van der Waals surface area contributed by atoms with Gasteiger partial charge < -0.3 is 10.2 Å². The zero-order chi connectivity index (χ0) is 20.1. The fourth-order valence-electron chi connectivity index (χ4n) is 3.53. The van der Waals surface area contributed by atoms with Gasteiger partial charge in [-0.3, -0.25) is 9.69 Å². The monoisotopic (exact) mass is 430 g/mol. The summed E-state index contributed by atoms with van der Waals surface area (Å²) in [5.41, 5.74) is 0.882. The average Bonchev–Trinajstić information content (AvgIpc) is 3.40. The molecule has 1 saturated heterocycles. The molecule has 0 aliphatic carbocycles. The lowest BCUT2D eigenvalue weighted by molar-refractivity contribution is -0.122. The molecular formula is C21H23FN4OS2. The lowest BCUT2D eigenvalue weighted by Crippen LogP contribution is -2.40. The fraction of sp³-hybridized carbons (Fsp3) is 0.333. The van der Waals surface area contributed by atoms with Crippen molar-refractivity contribution in [2.75, 3.05) is 37.6 Å². The van der Waals surface area contributed by atoms with Gasteiger partial charge in [-0.25, -0.2) is 9.37 Å². The van der Waals surface area contributed by atoms with Crippen LogP contribution in [0.25, 0.3) is 0 Å². The van der Waals surface area contributed by atoms with E-state index in [0.717, 1.165) is 48.2 Å². The van der Waals surface area contributed by atoms with E-state index in [1.54, 1.807) is 34.8 Å². The number of amides is 1. The van der Waals surface area contributed by atoms with E-state index in [0.29, 0.717) is 6.54 Å². The summed E-state index contributed by atoms with van der Waals surface area (Å²) >= 11 is 3.24. The Labute approximate surface area is 177 Å². The smallest absolute Gasteiger partial charge is 0.234 e. The number of anilines is 1. The molecule has 5 nitrogen and oxygen atoms in total. The maximum absolute atomic E-state index is 13.3. The third kappa shape index (κ3) is 5.20. The standard InChI is InChI=1S/C21H23FN4OS2/c22-17-6-4-16(5-7-17)20(18-3-1-13-28-18)24-19(27)15-25-9-2-10-26(12-11-25)21-23-8-14-29-21/h1,3-8,13-14,20H,2,9-12,15H2,(H,24,27)/t20-/m1/s1. The first-order valence-electron chi connectivity index (χ1n) is 9.64. The maximum Gasteiger partial charge on any atom is 0.234 e. The third-order valence-electron chi connectivity index (χ3n) is 4.98. The summed E-state index contributed by atoms with van der Waals surface area (Å²) < 4.78 is 13.3. The predicted octanol–water partition coefficient (Wildman–Crippen LogP) is 3.76. The van der Waals surface area contributed by atoms with Gasteiger partial charge in [0.1, 0.15) is 5.82 Å². The van der Waals surface area contributed by atoms with E-state index in [2.05, 4.69) is 20.1 Å². The zero-order valence-electron chi connectivity index (χ0n) is 16.0. The molecule has 3 heterocycles. The van der Waals surface area contributed by atoms with Crippen LogP contribution in [0.3, 0.4) is 0 Å². The van der Waals surface area contributed by atoms with E-state index in [4.69, 9.17) is 0 Å². The van der Waals surface area contributed by atoms with E-state index in [-0.39, 0.29) is 17.8 Å². The molecule has 1 atom stereocenters. The topological polar surface area (TPSA) is 48.5 Å². The minimum absolute atomic E-state index is 0.0181. The number of hydrogen-bond donors (Lipinski definition) is 1. The summed E-state index contributed by atoms with van der Waals surface area (Å²) in [6.45, 7) is 3.89. The summed E-state index contributed by atoms with van der Waals surface area (Å²) in [5.74, 6) is -0.296. The minimum atomic E-state index is -0.278. The molecule has 0 spiro atoms. The Hall–Kier alpha value is -2.29. The zero-order valence-corrected chi connectivity index (χ0v) is 17.6. The first-order chi connectivity index (χ1) is 14.2. The second-order valence-electron chi connectivity index (χ2n) is 7.00. The second-order valence-corrected chi connectivity index (χ2v) is 8.85. The van der Waals surface area contributed by atoms with Crippen molar-refractivity contribution in [1.82, 2.24) is 15.2 Å². The number of nitrogens with zero attached hydrogens (tertiary/aromatic N) is 3. The molecule has 1 aliphatic heterocycles. The highest BCUT2D eigenvalue weighted by Crippen LogP contribution is 2.26. The van der Waals surface area contributed by atoms with Crippen LogP contribution in [0.15, 0.2) is 53.4 Å². The van der Waals surface area contributed by atoms with E-state index < -0.39 is 0 Å². The summed E-state index contributed by atoms with van der Waals surface area (Å²) in [4.78, 5) is 22.7. The van der Waals surface area contributed by atoms with Gasteiger partial charge in [0, 0.05) is 42.6 Å². The lowest BCUT2D eigenvalue weighted by Gasteiger charge is -2.23. The third-order valence-corrected chi connectivity index (χ3v) is 6.75. The van der Waals surface area contributed by atoms with Crippen LogP contribution in [0.1, 0.15) is 22.9 Å². The first kappa shape index (κ1) is 20.0. The fourth-order valence-corrected chi connectivity index (χ4v) is 5.03. The highest BCUT2D eigenvalue weighted by molar-refractivity contribution is 7.13. The van der Waals surface area contributed by atoms with Crippen molar-refractivity contribution in [3.63, 3.8) is 0 Å². The van der Waals surface area contributed by atoms with Gasteiger partial charge in [0.15, 0.2) is 5.13 Å². The van der Waals surface area contributed by atoms with Gasteiger partial charge in [0.05, 0.1) is 12.6 Å². The number of thiophene rings is 1. The lowest BCUT2D eigenvalue weighted by atomic mass is 10.1. The van der Waals surface area contributed by atoms with Gasteiger partial charge in [-0.2, -0.15) is 0 Å². The Bertz CT molecular complexity index is 899. The average molecular weight is 431 g/mol. The number of nitrogens with one attached hydrogen (secondary N) is 1. The number of hydrogen-bond acceptors (Lipinski definition) is 6. The minimum Gasteiger partial charge on any atom is -0.347 e. The predicted molar refractivity (Wildman–Crippen MR) is 116 cm³/mol. The number of aromatic nitrogens is 1. The van der Waals surface area contributed by atoms with E-state index in [1.807, 2.05) is 29.1 Å². The summed E-state index contributed by atoms with van der Waals surface area (Å²) in [6, 6.07) is 10.0. The van der Waals surface area contributed by atoms with Crippen molar-refractivity contribution < 1.29 is 9.18 Å². The van der Waals surface area contributed by atoms with E-state index in [1.165, 1.54) is 12.1 Å². The van der Waals surface area contributed by atoms with E-state index >= 15 is 0 Å². The molecule has 0 unspecified atom stereocenters. The molecule has 1 amide bonds. The van der Waals surface area contributed by atoms with Crippen molar-refractivity contribution in [3.05, 3.63) is 69.6 Å². The van der Waals surface area contributed by atoms with Crippen LogP contribution in [0.4, 0.5) is 9.52 Å². The molecule has 4 rings (SSSR count). The quantitative estimate of drug-likeness (QED) is 0.647. The molecule has 29 heavy (non-hydrogen) atoms. The Morgan fingerprint density at radius 3 is 2.69 bits per heavy atom. The molecule has 1 N–H and O–H groups in total. The Kier molecular flexibility index (Phi) is 6.53. The van der Waals surface area contributed by atoms with Crippen LogP contribution in [0.5, 0.6) is 0 Å². The molecule has 0 bridgehead atoms. The van der Waals surface area contributed by atoms with Crippen LogP contribution in [-0.2, 0) is 4.79 Å². The van der Waals surface area contributed by atoms with E-state index in [9.17, 15) is 9.18 Å². The molecular weight excluding hydrogens is 407 g/mol. The molecule has 0 saturated carbocycles. The number of halogens is 1. The van der Waals surface area contributed by atoms with Crippen molar-refractivity contribution >= 4 is 33.7 Å².